The molecule has 0 unspecified atom stereocenters. The first-order valence-corrected chi connectivity index (χ1v) is 5.55. The average Bonchev–Trinajstić information content (AvgIpc) is 2.30. The van der Waals surface area contributed by atoms with Crippen LogP contribution in [0.2, 0.25) is 0 Å². The van der Waals surface area contributed by atoms with Gasteiger partial charge in [0.25, 0.3) is 5.91 Å². The molecule has 17 heavy (non-hydrogen) atoms. The van der Waals surface area contributed by atoms with E-state index >= 15 is 0 Å². The molecule has 1 amide bonds. The molecule has 2 N–H and O–H groups in total. The molecular weight excluding hydrogens is 288 g/mol. The molecule has 5 nitrogen and oxygen atoms in total. The van der Waals surface area contributed by atoms with E-state index in [9.17, 15) is 9.59 Å². The molecule has 90 valence electrons. The molecule has 0 aliphatic heterocycles. The Morgan fingerprint density at radius 1 is 1.29 bits per heavy atom. The normalized spacial score (nSPS) is 11.7. The first-order valence-electron chi connectivity index (χ1n) is 4.75. The number of carbonyl (C=O) groups is 2. The standard InChI is InChI=1S/C11H11BrN2O3/c1-6(7(2)11(16)17)10(15)14-8-3-4-9(12)13-5-8/h3-5H,1-2H3,(H,14,15)(H,16,17)/b7-6+. The van der Waals surface area contributed by atoms with E-state index in [4.69, 9.17) is 5.11 Å². The highest BCUT2D eigenvalue weighted by Crippen LogP contribution is 2.12. The van der Waals surface area contributed by atoms with E-state index in [1.165, 1.54) is 20.0 Å². The molecule has 0 bridgehead atoms. The van der Waals surface area contributed by atoms with E-state index in [2.05, 4.69) is 26.2 Å². The van der Waals surface area contributed by atoms with Crippen LogP contribution >= 0.6 is 15.9 Å². The smallest absolute Gasteiger partial charge is 0.331 e. The van der Waals surface area contributed by atoms with Crippen LogP contribution in [-0.2, 0) is 9.59 Å². The summed E-state index contributed by atoms with van der Waals surface area (Å²) < 4.78 is 0.657. The van der Waals surface area contributed by atoms with E-state index in [0.717, 1.165) is 0 Å². The van der Waals surface area contributed by atoms with Crippen molar-refractivity contribution >= 4 is 33.5 Å². The highest BCUT2D eigenvalue weighted by atomic mass is 79.9. The molecular formula is C11H11BrN2O3. The van der Waals surface area contributed by atoms with Crippen molar-refractivity contribution in [2.24, 2.45) is 0 Å². The summed E-state index contributed by atoms with van der Waals surface area (Å²) in [5, 5.41) is 11.3. The quantitative estimate of drug-likeness (QED) is 0.662. The van der Waals surface area contributed by atoms with Gasteiger partial charge in [-0.05, 0) is 41.9 Å². The van der Waals surface area contributed by atoms with Crippen molar-refractivity contribution in [2.75, 3.05) is 5.32 Å². The first kappa shape index (κ1) is 13.4. The van der Waals surface area contributed by atoms with Crippen molar-refractivity contribution in [3.05, 3.63) is 34.1 Å². The molecule has 1 aromatic heterocycles. The van der Waals surface area contributed by atoms with Crippen LogP contribution in [0.1, 0.15) is 13.8 Å². The third-order valence-electron chi connectivity index (χ3n) is 2.21. The molecule has 6 heteroatoms. The molecule has 1 heterocycles. The maximum atomic E-state index is 11.7. The van der Waals surface area contributed by atoms with Gasteiger partial charge in [-0.15, -0.1) is 0 Å². The zero-order valence-electron chi connectivity index (χ0n) is 9.32. The Bertz CT molecular complexity index is 480. The van der Waals surface area contributed by atoms with Crippen LogP contribution in [0.25, 0.3) is 0 Å². The van der Waals surface area contributed by atoms with Gasteiger partial charge >= 0.3 is 5.97 Å². The van der Waals surface area contributed by atoms with E-state index in [1.54, 1.807) is 12.1 Å². The minimum absolute atomic E-state index is 0.0209. The maximum Gasteiger partial charge on any atom is 0.331 e. The summed E-state index contributed by atoms with van der Waals surface area (Å²) in [5.41, 5.74) is 0.698. The van der Waals surface area contributed by atoms with Gasteiger partial charge in [0.2, 0.25) is 0 Å². The number of nitrogens with zero attached hydrogens (tertiary/aromatic N) is 1. The van der Waals surface area contributed by atoms with Crippen LogP contribution in [0, 0.1) is 0 Å². The molecule has 1 aromatic rings. The topological polar surface area (TPSA) is 79.3 Å². The van der Waals surface area contributed by atoms with Gasteiger partial charge in [-0.1, -0.05) is 0 Å². The molecule has 0 saturated heterocycles. The number of rotatable bonds is 3. The first-order chi connectivity index (χ1) is 7.91. The minimum Gasteiger partial charge on any atom is -0.478 e. The van der Waals surface area contributed by atoms with Crippen LogP contribution in [0.5, 0.6) is 0 Å². The molecule has 0 fully saturated rings. The lowest BCUT2D eigenvalue weighted by Crippen LogP contribution is -2.16. The average molecular weight is 299 g/mol. The van der Waals surface area contributed by atoms with Crippen molar-refractivity contribution in [1.82, 2.24) is 4.98 Å². The number of aliphatic carboxylic acids is 1. The third kappa shape index (κ3) is 3.67. The van der Waals surface area contributed by atoms with Crippen molar-refractivity contribution in [3.8, 4) is 0 Å². The zero-order chi connectivity index (χ0) is 13.0. The summed E-state index contributed by atoms with van der Waals surface area (Å²) in [6.07, 6.45) is 1.48. The summed E-state index contributed by atoms with van der Waals surface area (Å²) >= 11 is 3.17. The zero-order valence-corrected chi connectivity index (χ0v) is 10.9. The number of nitrogens with one attached hydrogen (secondary N) is 1. The van der Waals surface area contributed by atoms with E-state index in [1.807, 2.05) is 0 Å². The number of aromatic nitrogens is 1. The molecule has 0 aromatic carbocycles. The molecule has 1 rings (SSSR count). The predicted octanol–water partition coefficient (Wildman–Crippen LogP) is 2.20. The fraction of sp³-hybridized carbons (Fsp3) is 0.182. The number of carboxylic acids is 1. The monoisotopic (exact) mass is 298 g/mol. The second-order valence-electron chi connectivity index (χ2n) is 3.38. The molecule has 0 atom stereocenters. The van der Waals surface area contributed by atoms with Gasteiger partial charge in [0.15, 0.2) is 0 Å². The van der Waals surface area contributed by atoms with E-state index in [-0.39, 0.29) is 11.1 Å². The van der Waals surface area contributed by atoms with Crippen molar-refractivity contribution in [3.63, 3.8) is 0 Å². The van der Waals surface area contributed by atoms with Gasteiger partial charge in [0.1, 0.15) is 4.60 Å². The lowest BCUT2D eigenvalue weighted by atomic mass is 10.1. The van der Waals surface area contributed by atoms with Crippen LogP contribution in [0.4, 0.5) is 5.69 Å². The number of halogens is 1. The summed E-state index contributed by atoms with van der Waals surface area (Å²) in [7, 11) is 0. The number of hydrogen-bond acceptors (Lipinski definition) is 3. The predicted molar refractivity (Wildman–Crippen MR) is 66.6 cm³/mol. The Kier molecular flexibility index (Phi) is 4.39. The fourth-order valence-corrected chi connectivity index (χ4v) is 1.24. The number of hydrogen-bond donors (Lipinski definition) is 2. The molecule has 0 spiro atoms. The van der Waals surface area contributed by atoms with Gasteiger partial charge in [0.05, 0.1) is 11.9 Å². The van der Waals surface area contributed by atoms with Gasteiger partial charge in [-0.3, -0.25) is 4.79 Å². The summed E-state index contributed by atoms with van der Waals surface area (Å²) in [5.74, 6) is -1.55. The Balaban J connectivity index is 2.83. The number of carboxylic acid groups (broad SMARTS) is 1. The summed E-state index contributed by atoms with van der Waals surface area (Å²) in [6, 6.07) is 3.34. The molecule has 0 radical (unpaired) electrons. The van der Waals surface area contributed by atoms with Crippen molar-refractivity contribution in [2.45, 2.75) is 13.8 Å². The third-order valence-corrected chi connectivity index (χ3v) is 2.68. The van der Waals surface area contributed by atoms with Crippen LogP contribution in [0.3, 0.4) is 0 Å². The lowest BCUT2D eigenvalue weighted by molar-refractivity contribution is -0.133. The van der Waals surface area contributed by atoms with Crippen molar-refractivity contribution < 1.29 is 14.7 Å². The SMILES string of the molecule is C/C(C(=O)O)=C(/C)C(=O)Nc1ccc(Br)nc1. The molecule has 0 aliphatic rings. The number of pyridine rings is 1. The highest BCUT2D eigenvalue weighted by molar-refractivity contribution is 9.10. The van der Waals surface area contributed by atoms with E-state index < -0.39 is 11.9 Å². The number of amides is 1. The van der Waals surface area contributed by atoms with Crippen LogP contribution in [0.15, 0.2) is 34.1 Å². The lowest BCUT2D eigenvalue weighted by Gasteiger charge is -2.06. The molecule has 0 aliphatic carbocycles. The summed E-state index contributed by atoms with van der Waals surface area (Å²) in [6.45, 7) is 2.85. The van der Waals surface area contributed by atoms with Gasteiger partial charge in [-0.2, -0.15) is 0 Å². The van der Waals surface area contributed by atoms with Crippen molar-refractivity contribution in [1.29, 1.82) is 0 Å². The van der Waals surface area contributed by atoms with E-state index in [0.29, 0.717) is 10.3 Å². The van der Waals surface area contributed by atoms with Gasteiger partial charge < -0.3 is 10.4 Å². The highest BCUT2D eigenvalue weighted by Gasteiger charge is 2.12. The second-order valence-corrected chi connectivity index (χ2v) is 4.19. The van der Waals surface area contributed by atoms with Gasteiger partial charge in [0, 0.05) is 11.1 Å². The second kappa shape index (κ2) is 5.58. The fourth-order valence-electron chi connectivity index (χ4n) is 1.01. The number of anilines is 1. The Morgan fingerprint density at radius 3 is 2.41 bits per heavy atom. The maximum absolute atomic E-state index is 11.7. The Hall–Kier alpha value is -1.69. The Labute approximate surface area is 107 Å². The van der Waals surface area contributed by atoms with Gasteiger partial charge in [-0.25, -0.2) is 9.78 Å². The largest absolute Gasteiger partial charge is 0.478 e. The number of carbonyl (C=O) groups excluding carboxylic acids is 1. The Morgan fingerprint density at radius 2 is 1.94 bits per heavy atom. The van der Waals surface area contributed by atoms with Crippen LogP contribution < -0.4 is 5.32 Å². The minimum atomic E-state index is -1.11. The van der Waals surface area contributed by atoms with Crippen LogP contribution in [-0.4, -0.2) is 22.0 Å². The summed E-state index contributed by atoms with van der Waals surface area (Å²) in [4.78, 5) is 26.3. The molecule has 0 saturated carbocycles.